The Bertz CT molecular complexity index is 1070. The van der Waals surface area contributed by atoms with Crippen molar-refractivity contribution in [1.82, 2.24) is 5.32 Å². The smallest absolute Gasteiger partial charge is 0.235 e. The van der Waals surface area contributed by atoms with Crippen LogP contribution in [0.1, 0.15) is 52.9 Å². The largest absolute Gasteiger partial charge is 0.390 e. The Morgan fingerprint density at radius 1 is 1.26 bits per heavy atom. The first-order valence-electron chi connectivity index (χ1n) is 13.9. The molecule has 4 fully saturated rings. The molecule has 1 aliphatic heterocycles. The van der Waals surface area contributed by atoms with Crippen LogP contribution < -0.4 is 11.1 Å². The van der Waals surface area contributed by atoms with Crippen LogP contribution in [0.2, 0.25) is 0 Å². The Morgan fingerprint density at radius 2 is 2.00 bits per heavy atom. The minimum Gasteiger partial charge on any atom is -0.390 e. The van der Waals surface area contributed by atoms with Gasteiger partial charge in [-0.3, -0.25) is 9.59 Å². The molecule has 2 unspecified atom stereocenters. The third kappa shape index (κ3) is 3.91. The van der Waals surface area contributed by atoms with Crippen molar-refractivity contribution in [2.24, 2.45) is 28.4 Å². The molecule has 1 heterocycles. The molecule has 5 N–H and O–H groups in total. The van der Waals surface area contributed by atoms with E-state index >= 15 is 8.78 Å². The van der Waals surface area contributed by atoms with Crippen LogP contribution in [-0.2, 0) is 23.8 Å². The van der Waals surface area contributed by atoms with Crippen LogP contribution >= 0.6 is 0 Å². The fourth-order valence-corrected chi connectivity index (χ4v) is 8.46. The van der Waals surface area contributed by atoms with Gasteiger partial charge in [-0.1, -0.05) is 32.4 Å². The van der Waals surface area contributed by atoms with E-state index in [1.165, 1.54) is 18.2 Å². The number of aliphatic hydroxyl groups excluding tert-OH is 2. The molecular formula is C28H40F2N2O7. The Morgan fingerprint density at radius 3 is 2.69 bits per heavy atom. The molecule has 0 spiro atoms. The van der Waals surface area contributed by atoms with E-state index in [0.29, 0.717) is 6.42 Å². The van der Waals surface area contributed by atoms with Gasteiger partial charge in [-0.25, -0.2) is 8.78 Å². The molecular weight excluding hydrogens is 514 g/mol. The lowest BCUT2D eigenvalue weighted by Gasteiger charge is -2.63. The summed E-state index contributed by atoms with van der Waals surface area (Å²) in [5.41, 5.74) is -0.851. The molecule has 9 nitrogen and oxygen atoms in total. The number of allylic oxidation sites excluding steroid dienone is 2. The first-order valence-corrected chi connectivity index (χ1v) is 13.9. The molecule has 1 saturated heterocycles. The van der Waals surface area contributed by atoms with E-state index < -0.39 is 83.0 Å². The predicted molar refractivity (Wildman–Crippen MR) is 135 cm³/mol. The van der Waals surface area contributed by atoms with Crippen molar-refractivity contribution in [3.05, 3.63) is 23.8 Å². The summed E-state index contributed by atoms with van der Waals surface area (Å²) in [6.45, 7) is 4.52. The molecule has 3 saturated carbocycles. The number of ketones is 1. The van der Waals surface area contributed by atoms with E-state index in [0.717, 1.165) is 6.42 Å². The number of ether oxygens (including phenoxy) is 3. The fourth-order valence-electron chi connectivity index (χ4n) is 8.46. The highest BCUT2D eigenvalue weighted by Crippen LogP contribution is 2.72. The maximum absolute atomic E-state index is 17.5. The molecule has 39 heavy (non-hydrogen) atoms. The topological polar surface area (TPSA) is 140 Å². The second-order valence-electron chi connectivity index (χ2n) is 12.1. The average Bonchev–Trinajstić information content (AvgIpc) is 3.37. The van der Waals surface area contributed by atoms with Crippen LogP contribution in [0.4, 0.5) is 8.78 Å². The molecule has 11 atom stereocenters. The zero-order valence-electron chi connectivity index (χ0n) is 22.7. The first-order chi connectivity index (χ1) is 18.4. The van der Waals surface area contributed by atoms with Gasteiger partial charge < -0.3 is 35.5 Å². The molecule has 4 aliphatic carbocycles. The van der Waals surface area contributed by atoms with E-state index in [1.807, 2.05) is 13.8 Å². The average molecular weight is 555 g/mol. The molecule has 0 bridgehead atoms. The molecule has 0 radical (unpaired) electrons. The van der Waals surface area contributed by atoms with E-state index in [-0.39, 0.29) is 38.1 Å². The van der Waals surface area contributed by atoms with Gasteiger partial charge in [0, 0.05) is 16.7 Å². The number of halogens is 2. The number of fused-ring (bicyclic) bond motifs is 7. The fraction of sp³-hybridized carbons (Fsp3) is 0.786. The van der Waals surface area contributed by atoms with Gasteiger partial charge in [0.1, 0.15) is 19.5 Å². The molecule has 1 amide bonds. The number of nitrogens with one attached hydrogen (secondary N) is 1. The summed E-state index contributed by atoms with van der Waals surface area (Å²) in [4.78, 5) is 25.4. The number of aliphatic hydroxyl groups is 2. The van der Waals surface area contributed by atoms with Crippen LogP contribution in [-0.4, -0.2) is 83.8 Å². The van der Waals surface area contributed by atoms with Gasteiger partial charge in [-0.2, -0.15) is 0 Å². The van der Waals surface area contributed by atoms with Crippen molar-refractivity contribution in [2.75, 3.05) is 19.9 Å². The minimum absolute atomic E-state index is 0.102. The summed E-state index contributed by atoms with van der Waals surface area (Å²) >= 11 is 0. The van der Waals surface area contributed by atoms with Gasteiger partial charge in [0.15, 0.2) is 23.3 Å². The minimum atomic E-state index is -2.23. The normalized spacial score (nSPS) is 48.0. The number of carbonyl (C=O) groups is 2. The first kappa shape index (κ1) is 28.8. The number of alkyl halides is 2. The maximum Gasteiger partial charge on any atom is 0.235 e. The number of Topliss-reactive ketones (excluding diaryl/α,β-unsaturated/α-hetero) is 1. The number of amides is 1. The lowest BCUT2D eigenvalue weighted by Crippen LogP contribution is -2.71. The van der Waals surface area contributed by atoms with Crippen molar-refractivity contribution < 1.29 is 42.8 Å². The standard InChI is InChI=1S/C28H40F2N2O7/c1-4-5-24-38-22-10-16-17-9-19(29)18-8-15(33)6-7-25(18,2)27(17,30)20(34)11-26(16,3)28(22,39-24)21(35)13-37-14-32-23(36)12-31/h6-8,15-17,19-20,22,24,33-34H,4-5,9-14,31H2,1-3H3,(H,32,36)/t15?,16-,17-,19-,20-,22+,24?,25-,26-,27-,28+/m0/s1. The Balaban J connectivity index is 1.50. The third-order valence-electron chi connectivity index (χ3n) is 10.2. The highest BCUT2D eigenvalue weighted by Gasteiger charge is 2.79. The van der Waals surface area contributed by atoms with Crippen molar-refractivity contribution in [3.8, 4) is 0 Å². The van der Waals surface area contributed by atoms with Gasteiger partial charge in [-0.05, 0) is 50.2 Å². The molecule has 5 aliphatic rings. The highest BCUT2D eigenvalue weighted by atomic mass is 19.1. The molecule has 0 aromatic rings. The number of hydrogen-bond donors (Lipinski definition) is 4. The van der Waals surface area contributed by atoms with Crippen molar-refractivity contribution in [3.63, 3.8) is 0 Å². The van der Waals surface area contributed by atoms with Crippen LogP contribution in [0.25, 0.3) is 0 Å². The van der Waals surface area contributed by atoms with Crippen LogP contribution in [0.3, 0.4) is 0 Å². The monoisotopic (exact) mass is 554 g/mol. The van der Waals surface area contributed by atoms with Crippen LogP contribution in [0, 0.1) is 22.7 Å². The van der Waals surface area contributed by atoms with Gasteiger partial charge >= 0.3 is 0 Å². The highest BCUT2D eigenvalue weighted by molar-refractivity contribution is 5.91. The van der Waals surface area contributed by atoms with Gasteiger partial charge in [-0.15, -0.1) is 0 Å². The summed E-state index contributed by atoms with van der Waals surface area (Å²) in [6, 6.07) is 0. The Labute approximate surface area is 227 Å². The van der Waals surface area contributed by atoms with Crippen molar-refractivity contribution >= 4 is 11.7 Å². The quantitative estimate of drug-likeness (QED) is 0.202. The van der Waals surface area contributed by atoms with Crippen molar-refractivity contribution in [1.29, 1.82) is 0 Å². The van der Waals surface area contributed by atoms with E-state index in [1.54, 1.807) is 6.92 Å². The molecule has 0 aromatic carbocycles. The second kappa shape index (κ2) is 9.95. The number of hydrogen-bond acceptors (Lipinski definition) is 8. The SMILES string of the molecule is CCCC1O[C@@H]2C[C@H]3[C@@H]4C[C@H](F)C5=CC(O)C=C[C@]5(C)[C@@]4(F)[C@@H](O)C[C@]3(C)[C@]2(C(=O)COCNC(=O)CN)O1. The lowest BCUT2D eigenvalue weighted by atomic mass is 9.44. The summed E-state index contributed by atoms with van der Waals surface area (Å²) in [7, 11) is 0. The Kier molecular flexibility index (Phi) is 7.34. The summed E-state index contributed by atoms with van der Waals surface area (Å²) in [5, 5.41) is 24.1. The van der Waals surface area contributed by atoms with Crippen LogP contribution in [0.15, 0.2) is 23.8 Å². The van der Waals surface area contributed by atoms with Gasteiger partial charge in [0.05, 0.1) is 24.9 Å². The number of nitrogens with two attached hydrogens (primary N) is 1. The molecule has 11 heteroatoms. The van der Waals surface area contributed by atoms with E-state index in [4.69, 9.17) is 19.9 Å². The van der Waals surface area contributed by atoms with Gasteiger partial charge in [0.2, 0.25) is 5.91 Å². The van der Waals surface area contributed by atoms with Crippen molar-refractivity contribution in [2.45, 2.75) is 94.9 Å². The summed E-state index contributed by atoms with van der Waals surface area (Å²) in [6.07, 6.45) is 0.0896. The second-order valence-corrected chi connectivity index (χ2v) is 12.1. The molecule has 0 aromatic heterocycles. The Hall–Kier alpha value is -1.76. The number of rotatable bonds is 8. The third-order valence-corrected chi connectivity index (χ3v) is 10.2. The van der Waals surface area contributed by atoms with Gasteiger partial charge in [0.25, 0.3) is 0 Å². The van der Waals surface area contributed by atoms with E-state index in [9.17, 15) is 19.8 Å². The molecule has 218 valence electrons. The van der Waals surface area contributed by atoms with E-state index in [2.05, 4.69) is 5.32 Å². The summed E-state index contributed by atoms with van der Waals surface area (Å²) < 4.78 is 51.4. The van der Waals surface area contributed by atoms with Crippen LogP contribution in [0.5, 0.6) is 0 Å². The number of carbonyl (C=O) groups excluding carboxylic acids is 2. The zero-order chi connectivity index (χ0) is 28.4. The maximum atomic E-state index is 17.5. The molecule has 5 rings (SSSR count). The predicted octanol–water partition coefficient (Wildman–Crippen LogP) is 1.61. The zero-order valence-corrected chi connectivity index (χ0v) is 22.7. The summed E-state index contributed by atoms with van der Waals surface area (Å²) in [5.74, 6) is -2.32. The lowest BCUT2D eigenvalue weighted by molar-refractivity contribution is -0.235.